The third kappa shape index (κ3) is 3.68. The number of benzene rings is 6. The summed E-state index contributed by atoms with van der Waals surface area (Å²) in [4.78, 5) is 6.98. The van der Waals surface area contributed by atoms with Gasteiger partial charge in [-0.15, -0.1) is 0 Å². The molecule has 4 nitrogen and oxygen atoms in total. The van der Waals surface area contributed by atoms with Crippen LogP contribution in [-0.2, 0) is 5.41 Å². The lowest BCUT2D eigenvalue weighted by atomic mass is 9.75. The average Bonchev–Trinajstić information content (AvgIpc) is 3.65. The fraction of sp³-hybridized carbons (Fsp3) is 0.0682. The minimum absolute atomic E-state index is 0.260. The van der Waals surface area contributed by atoms with Crippen LogP contribution in [0.25, 0.3) is 55.0 Å². The Balaban J connectivity index is 1.33. The number of anilines is 3. The first-order chi connectivity index (χ1) is 23.6. The zero-order valence-corrected chi connectivity index (χ0v) is 26.8. The summed E-state index contributed by atoms with van der Waals surface area (Å²) >= 11 is 0. The highest BCUT2D eigenvalue weighted by Gasteiger charge is 2.36. The quantitative estimate of drug-likeness (QED) is 0.197. The maximum atomic E-state index is 4.63. The largest absolute Gasteiger partial charge is 0.310 e. The second-order valence-corrected chi connectivity index (χ2v) is 13.3. The van der Waals surface area contributed by atoms with Crippen LogP contribution in [0.4, 0.5) is 17.1 Å². The van der Waals surface area contributed by atoms with Crippen molar-refractivity contribution in [2.24, 2.45) is 0 Å². The SMILES string of the molecule is CC1(C)c2cnccc2-n2c3ccc(N(c4ccccc4)c4ccccc4)cc3c3cc(-n4c5ccccc5c5ccccc54)cc1c32. The molecule has 228 valence electrons. The van der Waals surface area contributed by atoms with Crippen molar-refractivity contribution in [3.05, 3.63) is 169 Å². The molecule has 0 spiro atoms. The molecule has 0 N–H and O–H groups in total. The van der Waals surface area contributed by atoms with E-state index in [0.717, 1.165) is 17.1 Å². The van der Waals surface area contributed by atoms with Gasteiger partial charge in [-0.3, -0.25) is 4.98 Å². The second kappa shape index (κ2) is 9.93. The monoisotopic (exact) mass is 616 g/mol. The predicted octanol–water partition coefficient (Wildman–Crippen LogP) is 11.4. The molecule has 10 rings (SSSR count). The molecule has 0 radical (unpaired) electrons. The topological polar surface area (TPSA) is 26.0 Å². The Labute approximate surface area is 278 Å². The summed E-state index contributed by atoms with van der Waals surface area (Å²) in [5.41, 5.74) is 12.9. The van der Waals surface area contributed by atoms with Crippen molar-refractivity contribution in [3.8, 4) is 11.4 Å². The highest BCUT2D eigenvalue weighted by atomic mass is 15.1. The van der Waals surface area contributed by atoms with Gasteiger partial charge in [-0.05, 0) is 78.4 Å². The van der Waals surface area contributed by atoms with Gasteiger partial charge in [-0.2, -0.15) is 0 Å². The first-order valence-corrected chi connectivity index (χ1v) is 16.6. The van der Waals surface area contributed by atoms with Crippen molar-refractivity contribution in [2.45, 2.75) is 19.3 Å². The van der Waals surface area contributed by atoms with Crippen LogP contribution in [0.15, 0.2) is 158 Å². The highest BCUT2D eigenvalue weighted by molar-refractivity contribution is 6.14. The fourth-order valence-corrected chi connectivity index (χ4v) is 8.13. The minimum atomic E-state index is -0.260. The zero-order valence-electron chi connectivity index (χ0n) is 26.8. The van der Waals surface area contributed by atoms with Gasteiger partial charge in [0, 0.05) is 67.7 Å². The molecule has 48 heavy (non-hydrogen) atoms. The van der Waals surface area contributed by atoms with Crippen LogP contribution in [0.1, 0.15) is 25.0 Å². The Hall–Kier alpha value is -6.13. The summed E-state index contributed by atoms with van der Waals surface area (Å²) in [5.74, 6) is 0. The van der Waals surface area contributed by atoms with E-state index < -0.39 is 0 Å². The van der Waals surface area contributed by atoms with Gasteiger partial charge in [0.1, 0.15) is 0 Å². The standard InChI is InChI=1S/C44H32N4/c1-44(2)37-27-32(47-39-19-11-9-17-33(39)34-18-10-12-20-40(34)47)26-36-35-25-31(46(29-13-5-3-6-14-29)30-15-7-4-8-16-30)21-22-41(35)48(43(36)37)42-23-24-45-28-38(42)44/h3-28H,1-2H3. The molecule has 0 fully saturated rings. The number of aromatic nitrogens is 3. The van der Waals surface area contributed by atoms with Crippen LogP contribution < -0.4 is 4.90 Å². The van der Waals surface area contributed by atoms with Crippen LogP contribution in [0.3, 0.4) is 0 Å². The molecule has 3 aromatic heterocycles. The summed E-state index contributed by atoms with van der Waals surface area (Å²) in [7, 11) is 0. The molecule has 0 saturated heterocycles. The van der Waals surface area contributed by atoms with Gasteiger partial charge in [0.2, 0.25) is 0 Å². The lowest BCUT2D eigenvalue weighted by Crippen LogP contribution is -2.26. The lowest BCUT2D eigenvalue weighted by molar-refractivity contribution is 0.626. The maximum Gasteiger partial charge on any atom is 0.0583 e. The molecule has 1 aliphatic heterocycles. The van der Waals surface area contributed by atoms with E-state index in [-0.39, 0.29) is 5.41 Å². The van der Waals surface area contributed by atoms with Crippen molar-refractivity contribution in [1.82, 2.24) is 14.1 Å². The summed E-state index contributed by atoms with van der Waals surface area (Å²) in [6.45, 7) is 4.69. The van der Waals surface area contributed by atoms with E-state index in [1.807, 2.05) is 6.20 Å². The Morgan fingerprint density at radius 1 is 0.500 bits per heavy atom. The molecule has 9 aromatic rings. The number of hydrogen-bond donors (Lipinski definition) is 0. The van der Waals surface area contributed by atoms with Crippen molar-refractivity contribution in [1.29, 1.82) is 0 Å². The Kier molecular flexibility index (Phi) is 5.59. The first-order valence-electron chi connectivity index (χ1n) is 16.6. The third-order valence-corrected chi connectivity index (χ3v) is 10.3. The third-order valence-electron chi connectivity index (χ3n) is 10.3. The van der Waals surface area contributed by atoms with E-state index in [2.05, 4.69) is 185 Å². The van der Waals surface area contributed by atoms with Gasteiger partial charge in [0.05, 0.1) is 27.8 Å². The number of hydrogen-bond acceptors (Lipinski definition) is 2. The van der Waals surface area contributed by atoms with Crippen LogP contribution in [0, 0.1) is 0 Å². The van der Waals surface area contributed by atoms with E-state index in [4.69, 9.17) is 0 Å². The molecule has 4 heterocycles. The molecule has 0 atom stereocenters. The van der Waals surface area contributed by atoms with E-state index >= 15 is 0 Å². The van der Waals surface area contributed by atoms with Gasteiger partial charge in [-0.1, -0.05) is 86.6 Å². The van der Waals surface area contributed by atoms with Crippen molar-refractivity contribution in [2.75, 3.05) is 4.90 Å². The molecule has 0 bridgehead atoms. The summed E-state index contributed by atoms with van der Waals surface area (Å²) in [6.07, 6.45) is 3.98. The number of fused-ring (bicyclic) bond motifs is 8. The normalized spacial score (nSPS) is 13.4. The Morgan fingerprint density at radius 3 is 1.77 bits per heavy atom. The van der Waals surface area contributed by atoms with E-state index in [1.165, 1.54) is 66.1 Å². The van der Waals surface area contributed by atoms with E-state index in [0.29, 0.717) is 0 Å². The van der Waals surface area contributed by atoms with Gasteiger partial charge in [0.15, 0.2) is 0 Å². The zero-order chi connectivity index (χ0) is 32.0. The Morgan fingerprint density at radius 2 is 1.10 bits per heavy atom. The molecular weight excluding hydrogens is 585 g/mol. The van der Waals surface area contributed by atoms with Crippen LogP contribution >= 0.6 is 0 Å². The molecule has 6 aromatic carbocycles. The molecule has 0 unspecified atom stereocenters. The van der Waals surface area contributed by atoms with Crippen LogP contribution in [0.5, 0.6) is 0 Å². The molecular formula is C44H32N4. The van der Waals surface area contributed by atoms with Crippen molar-refractivity contribution in [3.63, 3.8) is 0 Å². The van der Waals surface area contributed by atoms with Gasteiger partial charge >= 0.3 is 0 Å². The average molecular weight is 617 g/mol. The summed E-state index contributed by atoms with van der Waals surface area (Å²) in [5, 5.41) is 5.00. The van der Waals surface area contributed by atoms with Crippen LogP contribution in [0.2, 0.25) is 0 Å². The smallest absolute Gasteiger partial charge is 0.0583 e. The van der Waals surface area contributed by atoms with Crippen molar-refractivity contribution >= 4 is 60.7 Å². The molecule has 0 amide bonds. The molecule has 1 aliphatic rings. The summed E-state index contributed by atoms with van der Waals surface area (Å²) in [6, 6.07) is 52.8. The van der Waals surface area contributed by atoms with Gasteiger partial charge in [0.25, 0.3) is 0 Å². The lowest BCUT2D eigenvalue weighted by Gasteiger charge is -2.34. The first kappa shape index (κ1) is 27.0. The number of para-hydroxylation sites is 4. The molecule has 0 aliphatic carbocycles. The predicted molar refractivity (Wildman–Crippen MR) is 200 cm³/mol. The maximum absolute atomic E-state index is 4.63. The fourth-order valence-electron chi connectivity index (χ4n) is 8.13. The van der Waals surface area contributed by atoms with E-state index in [1.54, 1.807) is 0 Å². The number of nitrogens with zero attached hydrogens (tertiary/aromatic N) is 4. The van der Waals surface area contributed by atoms with E-state index in [9.17, 15) is 0 Å². The number of rotatable bonds is 4. The summed E-state index contributed by atoms with van der Waals surface area (Å²) < 4.78 is 4.92. The van der Waals surface area contributed by atoms with Crippen molar-refractivity contribution < 1.29 is 0 Å². The Bertz CT molecular complexity index is 2600. The second-order valence-electron chi connectivity index (χ2n) is 13.3. The van der Waals surface area contributed by atoms with Crippen LogP contribution in [-0.4, -0.2) is 14.1 Å². The molecule has 0 saturated carbocycles. The number of pyridine rings is 1. The van der Waals surface area contributed by atoms with Gasteiger partial charge in [-0.25, -0.2) is 0 Å². The minimum Gasteiger partial charge on any atom is -0.310 e. The molecule has 4 heteroatoms. The highest BCUT2D eigenvalue weighted by Crippen LogP contribution is 2.49. The van der Waals surface area contributed by atoms with Gasteiger partial charge < -0.3 is 14.0 Å².